The Hall–Kier alpha value is -3.52. The number of hydrogen-bond acceptors (Lipinski definition) is 5. The number of amides is 2. The van der Waals surface area contributed by atoms with E-state index in [1.54, 1.807) is 11.8 Å². The van der Waals surface area contributed by atoms with E-state index in [1.165, 1.54) is 18.2 Å². The van der Waals surface area contributed by atoms with Crippen molar-refractivity contribution in [3.63, 3.8) is 0 Å². The standard InChI is InChI=1S/C35H50N2O5S/c1-4-5-6-7-8-9-10-11-12-13-14-15-16-17-18-19-20-21-24-43-27-33(39)37-31(25-28(2)3)34(40)36-29-22-23-32(38)30(26-29)35(41)42/h5-6,8-9,11-12,14-15,17-18,22-23,26,28,31,38H,4,7,10,13,16,19-21,24-25,27H2,1-3H3,(H,36,40)(H,37,39)(H,41,42). The highest BCUT2D eigenvalue weighted by Gasteiger charge is 2.22. The minimum Gasteiger partial charge on any atom is -0.507 e. The van der Waals surface area contributed by atoms with Gasteiger partial charge in [0.25, 0.3) is 0 Å². The second kappa shape index (κ2) is 24.0. The van der Waals surface area contributed by atoms with Crippen LogP contribution in [-0.2, 0) is 9.59 Å². The van der Waals surface area contributed by atoms with Crippen molar-refractivity contribution in [3.8, 4) is 5.75 Å². The average Bonchev–Trinajstić information content (AvgIpc) is 2.96. The molecular weight excluding hydrogens is 560 g/mol. The fraction of sp³-hybridized carbons (Fsp3) is 0.457. The van der Waals surface area contributed by atoms with Crippen LogP contribution >= 0.6 is 11.8 Å². The number of aromatic carboxylic acids is 1. The van der Waals surface area contributed by atoms with Crippen molar-refractivity contribution in [3.05, 3.63) is 84.5 Å². The lowest BCUT2D eigenvalue weighted by atomic mass is 10.0. The minimum absolute atomic E-state index is 0.161. The summed E-state index contributed by atoms with van der Waals surface area (Å²) >= 11 is 1.55. The third-order valence-corrected chi connectivity index (χ3v) is 7.20. The number of rotatable bonds is 22. The summed E-state index contributed by atoms with van der Waals surface area (Å²) < 4.78 is 0. The molecule has 8 heteroatoms. The molecule has 1 atom stereocenters. The molecule has 1 unspecified atom stereocenters. The Morgan fingerprint density at radius 2 is 1.44 bits per heavy atom. The summed E-state index contributed by atoms with van der Waals surface area (Å²) in [6.45, 7) is 6.06. The van der Waals surface area contributed by atoms with Crippen LogP contribution < -0.4 is 10.6 Å². The molecule has 236 valence electrons. The SMILES string of the molecule is CCC=CCC=CCC=CCC=CCC=CCCCCSCC(=O)NC(CC(C)C)C(=O)Nc1ccc(O)c(C(=O)O)c1. The van der Waals surface area contributed by atoms with Crippen molar-refractivity contribution in [1.29, 1.82) is 0 Å². The third kappa shape index (κ3) is 19.3. The third-order valence-electron chi connectivity index (χ3n) is 6.15. The lowest BCUT2D eigenvalue weighted by Crippen LogP contribution is -2.45. The quantitative estimate of drug-likeness (QED) is 0.0597. The van der Waals surface area contributed by atoms with Crippen molar-refractivity contribution in [2.24, 2.45) is 5.92 Å². The van der Waals surface area contributed by atoms with Crippen molar-refractivity contribution < 1.29 is 24.6 Å². The monoisotopic (exact) mass is 610 g/mol. The van der Waals surface area contributed by atoms with Gasteiger partial charge >= 0.3 is 5.97 Å². The highest BCUT2D eigenvalue weighted by atomic mass is 32.2. The van der Waals surface area contributed by atoms with Gasteiger partial charge in [-0.15, -0.1) is 0 Å². The van der Waals surface area contributed by atoms with E-state index < -0.39 is 17.9 Å². The van der Waals surface area contributed by atoms with Crippen LogP contribution in [0.25, 0.3) is 0 Å². The first kappa shape index (κ1) is 37.5. The van der Waals surface area contributed by atoms with Crippen LogP contribution in [0.3, 0.4) is 0 Å². The molecule has 0 aliphatic heterocycles. The number of hydrogen-bond donors (Lipinski definition) is 4. The predicted molar refractivity (Wildman–Crippen MR) is 181 cm³/mol. The summed E-state index contributed by atoms with van der Waals surface area (Å²) in [6, 6.07) is 3.08. The van der Waals surface area contributed by atoms with Gasteiger partial charge in [0, 0.05) is 5.69 Å². The number of unbranched alkanes of at least 4 members (excludes halogenated alkanes) is 2. The van der Waals surface area contributed by atoms with Gasteiger partial charge in [0.05, 0.1) is 5.75 Å². The number of carbonyl (C=O) groups is 3. The molecule has 0 saturated carbocycles. The lowest BCUT2D eigenvalue weighted by molar-refractivity contribution is -0.125. The van der Waals surface area contributed by atoms with Crippen LogP contribution in [0, 0.1) is 5.92 Å². The van der Waals surface area contributed by atoms with E-state index >= 15 is 0 Å². The number of anilines is 1. The van der Waals surface area contributed by atoms with Crippen LogP contribution in [-0.4, -0.2) is 45.5 Å². The van der Waals surface area contributed by atoms with E-state index in [4.69, 9.17) is 0 Å². The highest BCUT2D eigenvalue weighted by Crippen LogP contribution is 2.22. The molecule has 4 N–H and O–H groups in total. The zero-order valence-electron chi connectivity index (χ0n) is 26.0. The Balaban J connectivity index is 2.23. The van der Waals surface area contributed by atoms with Crippen LogP contribution in [0.2, 0.25) is 0 Å². The highest BCUT2D eigenvalue weighted by molar-refractivity contribution is 7.99. The molecule has 7 nitrogen and oxygen atoms in total. The number of carboxylic acid groups (broad SMARTS) is 1. The van der Waals surface area contributed by atoms with Gasteiger partial charge in [-0.25, -0.2) is 4.79 Å². The first-order chi connectivity index (χ1) is 20.7. The Kier molecular flexibility index (Phi) is 20.9. The van der Waals surface area contributed by atoms with Gasteiger partial charge in [-0.05, 0) is 87.7 Å². The van der Waals surface area contributed by atoms with Crippen molar-refractivity contribution in [2.45, 2.75) is 84.6 Å². The number of carbonyl (C=O) groups excluding carboxylic acids is 2. The van der Waals surface area contributed by atoms with Crippen LogP contribution in [0.15, 0.2) is 79.0 Å². The van der Waals surface area contributed by atoms with E-state index in [0.717, 1.165) is 57.1 Å². The second-order valence-electron chi connectivity index (χ2n) is 10.5. The molecule has 0 aromatic heterocycles. The van der Waals surface area contributed by atoms with E-state index in [1.807, 2.05) is 13.8 Å². The summed E-state index contributed by atoms with van der Waals surface area (Å²) in [7, 11) is 0. The normalized spacial score (nSPS) is 12.8. The number of phenols is 1. The molecule has 43 heavy (non-hydrogen) atoms. The van der Waals surface area contributed by atoms with Gasteiger partial charge in [-0.3, -0.25) is 9.59 Å². The zero-order valence-corrected chi connectivity index (χ0v) is 26.8. The first-order valence-electron chi connectivity index (χ1n) is 15.2. The average molecular weight is 611 g/mol. The fourth-order valence-corrected chi connectivity index (χ4v) is 4.77. The van der Waals surface area contributed by atoms with Gasteiger partial charge in [0.15, 0.2) is 0 Å². The Bertz CT molecular complexity index is 1120. The summed E-state index contributed by atoms with van der Waals surface area (Å²) in [4.78, 5) is 36.6. The number of allylic oxidation sites excluding steroid dienone is 10. The summed E-state index contributed by atoms with van der Waals surface area (Å²) in [5.41, 5.74) is -0.0647. The maximum absolute atomic E-state index is 12.8. The number of benzene rings is 1. The van der Waals surface area contributed by atoms with Gasteiger partial charge in [-0.1, -0.05) is 81.5 Å². The molecule has 0 aliphatic carbocycles. The molecule has 2 amide bonds. The van der Waals surface area contributed by atoms with Gasteiger partial charge in [-0.2, -0.15) is 11.8 Å². The molecule has 0 aliphatic rings. The second-order valence-corrected chi connectivity index (χ2v) is 11.6. The number of nitrogens with one attached hydrogen (secondary N) is 2. The molecular formula is C35H50N2O5S. The largest absolute Gasteiger partial charge is 0.507 e. The van der Waals surface area contributed by atoms with Crippen LogP contribution in [0.4, 0.5) is 5.69 Å². The Labute approximate surface area is 262 Å². The predicted octanol–water partition coefficient (Wildman–Crippen LogP) is 8.21. The summed E-state index contributed by atoms with van der Waals surface area (Å²) in [6.07, 6.45) is 30.4. The first-order valence-corrected chi connectivity index (χ1v) is 16.4. The number of carboxylic acids is 1. The smallest absolute Gasteiger partial charge is 0.339 e. The van der Waals surface area contributed by atoms with E-state index in [0.29, 0.717) is 6.42 Å². The molecule has 1 rings (SSSR count). The Morgan fingerprint density at radius 3 is 2.00 bits per heavy atom. The van der Waals surface area contributed by atoms with Gasteiger partial charge in [0.1, 0.15) is 17.4 Å². The molecule has 1 aromatic rings. The maximum atomic E-state index is 12.8. The van der Waals surface area contributed by atoms with Crippen molar-refractivity contribution in [1.82, 2.24) is 5.32 Å². The lowest BCUT2D eigenvalue weighted by Gasteiger charge is -2.20. The van der Waals surface area contributed by atoms with Crippen LogP contribution in [0.5, 0.6) is 5.75 Å². The van der Waals surface area contributed by atoms with E-state index in [9.17, 15) is 24.6 Å². The summed E-state index contributed by atoms with van der Waals surface area (Å²) in [5.74, 6) is -1.01. The molecule has 0 bridgehead atoms. The topological polar surface area (TPSA) is 116 Å². The maximum Gasteiger partial charge on any atom is 0.339 e. The molecule has 0 fully saturated rings. The molecule has 1 aromatic carbocycles. The molecule has 0 spiro atoms. The van der Waals surface area contributed by atoms with Crippen molar-refractivity contribution >= 4 is 35.2 Å². The van der Waals surface area contributed by atoms with Crippen molar-refractivity contribution in [2.75, 3.05) is 16.8 Å². The number of thioether (sulfide) groups is 1. The Morgan fingerprint density at radius 1 is 0.860 bits per heavy atom. The van der Waals surface area contributed by atoms with Gasteiger partial charge in [0.2, 0.25) is 11.8 Å². The molecule has 0 radical (unpaired) electrons. The zero-order chi connectivity index (χ0) is 31.7. The van der Waals surface area contributed by atoms with E-state index in [-0.39, 0.29) is 34.6 Å². The molecule has 0 heterocycles. The minimum atomic E-state index is -1.30. The van der Waals surface area contributed by atoms with Gasteiger partial charge < -0.3 is 20.8 Å². The summed E-state index contributed by atoms with van der Waals surface area (Å²) in [5, 5.41) is 24.3. The molecule has 0 saturated heterocycles. The fourth-order valence-electron chi connectivity index (χ4n) is 3.95. The van der Waals surface area contributed by atoms with Crippen LogP contribution in [0.1, 0.15) is 88.9 Å². The number of aromatic hydroxyl groups is 1. The van der Waals surface area contributed by atoms with E-state index in [2.05, 4.69) is 78.3 Å².